The molecule has 1 fully saturated rings. The Kier molecular flexibility index (Phi) is 35.8. The van der Waals surface area contributed by atoms with Gasteiger partial charge in [-0.3, -0.25) is 18.6 Å². The standard InChI is InChI=1S/C51H79O14P/c1-3-5-6-7-8-9-10-11-12-13-14-15-16-20-23-26-29-32-35-38-44(53)62-40-43(41-63-66(60,61)65-51-49(58)47(56)46(55)48(57)50(51)59)64-45(54)39-36-33-30-27-24-21-18-17-19-22-25-28-31-34-37-42(52)4-2/h8-9,11-12,14-15,18-23,27-32,34,37,42-43,46-52,55-59H,3-7,10,13,16-17,24-26,33,35-36,38-41H2,1-2H3,(H,60,61)/b9-8-,12-11-,15-14-,21-18-,22-19-,23-20-,30-27-,31-28-,32-29-,37-34+/t42-,43-,46?,47-,48+,49-,50-,51?/m1/s1. The molecule has 3 unspecified atom stereocenters. The van der Waals surface area contributed by atoms with Crippen LogP contribution < -0.4 is 0 Å². The van der Waals surface area contributed by atoms with E-state index in [-0.39, 0.29) is 12.8 Å². The molecule has 0 bridgehead atoms. The van der Waals surface area contributed by atoms with E-state index in [0.29, 0.717) is 38.5 Å². The number of esters is 2. The van der Waals surface area contributed by atoms with Gasteiger partial charge in [0.05, 0.1) is 12.7 Å². The lowest BCUT2D eigenvalue weighted by Gasteiger charge is -2.41. The molecule has 9 atom stereocenters. The topological polar surface area (TPSA) is 230 Å². The second-order valence-corrected chi connectivity index (χ2v) is 17.1. The number of phosphoric acid groups is 1. The van der Waals surface area contributed by atoms with E-state index in [1.54, 1.807) is 6.08 Å². The Bertz CT molecular complexity index is 1630. The molecule has 0 saturated heterocycles. The molecule has 0 aliphatic heterocycles. The van der Waals surface area contributed by atoms with Crippen LogP contribution in [-0.4, -0.2) is 110 Å². The van der Waals surface area contributed by atoms with Crippen molar-refractivity contribution in [2.75, 3.05) is 13.2 Å². The van der Waals surface area contributed by atoms with Gasteiger partial charge >= 0.3 is 19.8 Å². The van der Waals surface area contributed by atoms with Crippen LogP contribution in [0.2, 0.25) is 0 Å². The molecule has 0 aromatic rings. The largest absolute Gasteiger partial charge is 0.472 e. The van der Waals surface area contributed by atoms with Gasteiger partial charge in [-0.25, -0.2) is 4.57 Å². The monoisotopic (exact) mass is 947 g/mol. The summed E-state index contributed by atoms with van der Waals surface area (Å²) < 4.78 is 33.4. The van der Waals surface area contributed by atoms with E-state index < -0.39 is 81.8 Å². The zero-order valence-electron chi connectivity index (χ0n) is 39.0. The molecule has 15 heteroatoms. The third-order valence-corrected chi connectivity index (χ3v) is 10.9. The molecule has 14 nitrogen and oxygen atoms in total. The van der Waals surface area contributed by atoms with E-state index in [4.69, 9.17) is 18.5 Å². The molecule has 372 valence electrons. The highest BCUT2D eigenvalue weighted by atomic mass is 31.2. The first-order valence-corrected chi connectivity index (χ1v) is 24.9. The predicted octanol–water partition coefficient (Wildman–Crippen LogP) is 8.36. The van der Waals surface area contributed by atoms with E-state index in [1.807, 2.05) is 67.7 Å². The number of allylic oxidation sites excluding steroid dienone is 19. The molecule has 0 radical (unpaired) electrons. The average molecular weight is 947 g/mol. The fraction of sp³-hybridized carbons (Fsp3) is 0.569. The fourth-order valence-electron chi connectivity index (χ4n) is 6.02. The zero-order chi connectivity index (χ0) is 48.7. The van der Waals surface area contributed by atoms with E-state index in [9.17, 15) is 49.7 Å². The smallest absolute Gasteiger partial charge is 0.462 e. The van der Waals surface area contributed by atoms with Crippen molar-refractivity contribution >= 4 is 19.8 Å². The Hall–Kier alpha value is -3.79. The van der Waals surface area contributed by atoms with E-state index in [1.165, 1.54) is 19.3 Å². The number of aliphatic hydroxyl groups excluding tert-OH is 6. The zero-order valence-corrected chi connectivity index (χ0v) is 39.9. The molecule has 1 aliphatic rings. The first-order chi connectivity index (χ1) is 31.8. The van der Waals surface area contributed by atoms with Crippen LogP contribution in [0.1, 0.15) is 123 Å². The van der Waals surface area contributed by atoms with Crippen molar-refractivity contribution in [3.05, 3.63) is 122 Å². The molecule has 0 heterocycles. The van der Waals surface area contributed by atoms with Crippen molar-refractivity contribution < 1.29 is 68.2 Å². The van der Waals surface area contributed by atoms with Crippen molar-refractivity contribution in [1.82, 2.24) is 0 Å². The quantitative estimate of drug-likeness (QED) is 0.0103. The van der Waals surface area contributed by atoms with Crippen molar-refractivity contribution in [3.63, 3.8) is 0 Å². The van der Waals surface area contributed by atoms with Gasteiger partial charge in [0.2, 0.25) is 0 Å². The van der Waals surface area contributed by atoms with E-state index >= 15 is 0 Å². The minimum Gasteiger partial charge on any atom is -0.462 e. The number of ether oxygens (including phenoxy) is 2. The van der Waals surface area contributed by atoms with E-state index in [0.717, 1.165) is 38.5 Å². The molecule has 0 amide bonds. The minimum atomic E-state index is -5.17. The third kappa shape index (κ3) is 31.2. The third-order valence-electron chi connectivity index (χ3n) is 9.96. The number of unbranched alkanes of at least 4 members (excludes halogenated alkanes) is 4. The second-order valence-electron chi connectivity index (χ2n) is 15.7. The van der Waals surface area contributed by atoms with Crippen LogP contribution in [0.4, 0.5) is 0 Å². The lowest BCUT2D eigenvalue weighted by molar-refractivity contribution is -0.220. The summed E-state index contributed by atoms with van der Waals surface area (Å²) in [7, 11) is -5.17. The average Bonchev–Trinajstić information content (AvgIpc) is 3.30. The highest BCUT2D eigenvalue weighted by molar-refractivity contribution is 7.47. The first kappa shape index (κ1) is 60.2. The number of hydrogen-bond donors (Lipinski definition) is 7. The van der Waals surface area contributed by atoms with Crippen molar-refractivity contribution in [2.45, 2.75) is 172 Å². The highest BCUT2D eigenvalue weighted by Crippen LogP contribution is 2.47. The summed E-state index contributed by atoms with van der Waals surface area (Å²) in [5.41, 5.74) is 0. The number of aliphatic hydroxyl groups is 6. The highest BCUT2D eigenvalue weighted by Gasteiger charge is 2.51. The van der Waals surface area contributed by atoms with E-state index in [2.05, 4.69) is 61.6 Å². The Morgan fingerprint density at radius 3 is 1.50 bits per heavy atom. The number of rotatable bonds is 36. The lowest BCUT2D eigenvalue weighted by atomic mass is 9.85. The Labute approximate surface area is 393 Å². The maximum atomic E-state index is 12.8. The van der Waals surface area contributed by atoms with Crippen molar-refractivity contribution in [1.29, 1.82) is 0 Å². The fourth-order valence-corrected chi connectivity index (χ4v) is 6.99. The van der Waals surface area contributed by atoms with Crippen LogP contribution in [0.3, 0.4) is 0 Å². The van der Waals surface area contributed by atoms with Crippen LogP contribution in [-0.2, 0) is 32.7 Å². The Morgan fingerprint density at radius 2 is 1.00 bits per heavy atom. The molecule has 0 aromatic carbocycles. The summed E-state index contributed by atoms with van der Waals surface area (Å²) in [5, 5.41) is 59.7. The lowest BCUT2D eigenvalue weighted by Crippen LogP contribution is -2.64. The van der Waals surface area contributed by atoms with Crippen LogP contribution in [0, 0.1) is 0 Å². The van der Waals surface area contributed by atoms with Gasteiger partial charge in [-0.1, -0.05) is 148 Å². The minimum absolute atomic E-state index is 0.0162. The van der Waals surface area contributed by atoms with Gasteiger partial charge in [-0.2, -0.15) is 0 Å². The SMILES string of the molecule is CCCCC/C=C\C/C=C\C/C=C\C/C=C\C/C=C\CCC(=O)OC[C@H](COP(=O)(O)OC1[C@H](O)[C@H](O)C(O)[C@H](O)[C@H]1O)OC(=O)CCC/C=C\C/C=C\C/C=C\C/C=C\C=C\[C@H](O)CC. The number of phosphoric ester groups is 1. The van der Waals surface area contributed by atoms with Gasteiger partial charge in [0.1, 0.15) is 43.2 Å². The molecule has 0 aromatic heterocycles. The Balaban J connectivity index is 2.57. The Morgan fingerprint density at radius 1 is 0.545 bits per heavy atom. The molecule has 7 N–H and O–H groups in total. The van der Waals surface area contributed by atoms with Crippen LogP contribution in [0.5, 0.6) is 0 Å². The number of hydrogen-bond acceptors (Lipinski definition) is 13. The molecular weight excluding hydrogens is 868 g/mol. The van der Waals surface area contributed by atoms with Gasteiger partial charge in [0.15, 0.2) is 6.10 Å². The van der Waals surface area contributed by atoms with Gasteiger partial charge in [0.25, 0.3) is 0 Å². The normalized spacial score (nSPS) is 22.9. The second kappa shape index (κ2) is 39.2. The number of carbonyl (C=O) groups is 2. The predicted molar refractivity (Wildman–Crippen MR) is 259 cm³/mol. The van der Waals surface area contributed by atoms with Gasteiger partial charge in [0, 0.05) is 12.8 Å². The summed E-state index contributed by atoms with van der Waals surface area (Å²) in [5.74, 6) is -1.30. The van der Waals surface area contributed by atoms with Gasteiger partial charge in [-0.05, 0) is 83.5 Å². The van der Waals surface area contributed by atoms with Gasteiger partial charge in [-0.15, -0.1) is 0 Å². The molecule has 1 aliphatic carbocycles. The molecule has 0 spiro atoms. The molecule has 1 rings (SSSR count). The summed E-state index contributed by atoms with van der Waals surface area (Å²) in [4.78, 5) is 35.7. The van der Waals surface area contributed by atoms with Gasteiger partial charge < -0.3 is 45.0 Å². The van der Waals surface area contributed by atoms with Crippen LogP contribution in [0.15, 0.2) is 122 Å². The summed E-state index contributed by atoms with van der Waals surface area (Å²) in [6.45, 7) is 2.81. The molecule has 1 saturated carbocycles. The maximum Gasteiger partial charge on any atom is 0.472 e. The molecule has 66 heavy (non-hydrogen) atoms. The summed E-state index contributed by atoms with van der Waals surface area (Å²) >= 11 is 0. The summed E-state index contributed by atoms with van der Waals surface area (Å²) in [6, 6.07) is 0. The van der Waals surface area contributed by atoms with Crippen molar-refractivity contribution in [3.8, 4) is 0 Å². The summed E-state index contributed by atoms with van der Waals surface area (Å²) in [6.07, 6.45) is 39.3. The number of carbonyl (C=O) groups excluding carboxylic acids is 2. The first-order valence-electron chi connectivity index (χ1n) is 23.4. The maximum absolute atomic E-state index is 12.8. The molecular formula is C51H79O14P. The van der Waals surface area contributed by atoms with Crippen LogP contribution >= 0.6 is 7.82 Å². The van der Waals surface area contributed by atoms with Crippen LogP contribution in [0.25, 0.3) is 0 Å². The van der Waals surface area contributed by atoms with Crippen molar-refractivity contribution in [2.24, 2.45) is 0 Å².